The van der Waals surface area contributed by atoms with Crippen molar-refractivity contribution in [1.29, 1.82) is 0 Å². The van der Waals surface area contributed by atoms with E-state index in [1.165, 1.54) is 5.56 Å². The van der Waals surface area contributed by atoms with E-state index in [-0.39, 0.29) is 5.92 Å². The van der Waals surface area contributed by atoms with Gasteiger partial charge in [-0.1, -0.05) is 43.3 Å². The van der Waals surface area contributed by atoms with Gasteiger partial charge in [0.2, 0.25) is 0 Å². The number of benzene rings is 2. The molecule has 0 bridgehead atoms. The number of hydrogen-bond donors (Lipinski definition) is 0. The molecule has 0 aliphatic carbocycles. The van der Waals surface area contributed by atoms with Crippen LogP contribution in [0, 0.1) is 0 Å². The molecule has 0 saturated heterocycles. The Hall–Kier alpha value is -2.49. The molecule has 1 heterocycles. The van der Waals surface area contributed by atoms with Crippen LogP contribution in [0.3, 0.4) is 0 Å². The van der Waals surface area contributed by atoms with Gasteiger partial charge in [0.05, 0.1) is 6.61 Å². The first-order valence-electron chi connectivity index (χ1n) is 7.38. The van der Waals surface area contributed by atoms with Crippen LogP contribution in [0.4, 0.5) is 0 Å². The highest BCUT2D eigenvalue weighted by Crippen LogP contribution is 2.38. The van der Waals surface area contributed by atoms with Crippen LogP contribution in [-0.2, 0) is 9.53 Å². The minimum Gasteiger partial charge on any atom is -0.460 e. The lowest BCUT2D eigenvalue weighted by Crippen LogP contribution is -2.30. The summed E-state index contributed by atoms with van der Waals surface area (Å²) in [5, 5.41) is 0. The minimum atomic E-state index is -1.00. The Kier molecular flexibility index (Phi) is 4.00. The van der Waals surface area contributed by atoms with Crippen molar-refractivity contribution >= 4 is 5.97 Å². The van der Waals surface area contributed by atoms with Crippen LogP contribution in [0.1, 0.15) is 30.9 Å². The maximum atomic E-state index is 11.7. The zero-order chi connectivity index (χ0) is 15.5. The Labute approximate surface area is 129 Å². The number of esters is 1. The van der Waals surface area contributed by atoms with E-state index >= 15 is 0 Å². The summed E-state index contributed by atoms with van der Waals surface area (Å²) in [6, 6.07) is 16.0. The maximum absolute atomic E-state index is 11.7. The Morgan fingerprint density at radius 3 is 2.55 bits per heavy atom. The Morgan fingerprint density at radius 2 is 1.82 bits per heavy atom. The van der Waals surface area contributed by atoms with Crippen LogP contribution >= 0.6 is 0 Å². The molecular formula is C18H18O4. The zero-order valence-electron chi connectivity index (χ0n) is 12.6. The van der Waals surface area contributed by atoms with E-state index < -0.39 is 12.3 Å². The van der Waals surface area contributed by atoms with Gasteiger partial charge >= 0.3 is 12.3 Å². The van der Waals surface area contributed by atoms with Crippen molar-refractivity contribution in [3.8, 4) is 11.5 Å². The van der Waals surface area contributed by atoms with Crippen LogP contribution in [0.25, 0.3) is 0 Å². The standard InChI is InChI=1S/C18H18O4/c1-3-20-17(19)18-21-15-10-9-14(11-16(15)22-18)12(2)13-7-5-4-6-8-13/h4-12,18H,3H2,1-2H3/t12-,18+/m1/s1. The van der Waals surface area contributed by atoms with Gasteiger partial charge in [-0.15, -0.1) is 0 Å². The van der Waals surface area contributed by atoms with Gasteiger partial charge in [-0.05, 0) is 30.2 Å². The lowest BCUT2D eigenvalue weighted by molar-refractivity contribution is -0.161. The third-order valence-electron chi connectivity index (χ3n) is 3.71. The molecule has 3 rings (SSSR count). The van der Waals surface area contributed by atoms with Crippen molar-refractivity contribution in [2.45, 2.75) is 26.1 Å². The fraction of sp³-hybridized carbons (Fsp3) is 0.278. The summed E-state index contributed by atoms with van der Waals surface area (Å²) in [4.78, 5) is 11.7. The predicted molar refractivity (Wildman–Crippen MR) is 82.1 cm³/mol. The van der Waals surface area contributed by atoms with Gasteiger partial charge in [0.1, 0.15) is 0 Å². The molecule has 2 atom stereocenters. The molecule has 2 aromatic rings. The maximum Gasteiger partial charge on any atom is 0.389 e. The van der Waals surface area contributed by atoms with Crippen molar-refractivity contribution in [3.63, 3.8) is 0 Å². The van der Waals surface area contributed by atoms with E-state index in [9.17, 15) is 4.79 Å². The van der Waals surface area contributed by atoms with Gasteiger partial charge in [-0.2, -0.15) is 0 Å². The van der Waals surface area contributed by atoms with Crippen LogP contribution in [-0.4, -0.2) is 18.9 Å². The monoisotopic (exact) mass is 298 g/mol. The molecule has 1 aliphatic rings. The summed E-state index contributed by atoms with van der Waals surface area (Å²) < 4.78 is 15.9. The van der Waals surface area contributed by atoms with E-state index in [4.69, 9.17) is 14.2 Å². The number of hydrogen-bond acceptors (Lipinski definition) is 4. The summed E-state index contributed by atoms with van der Waals surface area (Å²) in [5.41, 5.74) is 2.33. The van der Waals surface area contributed by atoms with Crippen molar-refractivity contribution in [2.24, 2.45) is 0 Å². The first-order chi connectivity index (χ1) is 10.7. The summed E-state index contributed by atoms with van der Waals surface area (Å²) in [5.74, 6) is 0.883. The fourth-order valence-electron chi connectivity index (χ4n) is 2.48. The highest BCUT2D eigenvalue weighted by molar-refractivity contribution is 5.75. The minimum absolute atomic E-state index is 0.233. The molecule has 22 heavy (non-hydrogen) atoms. The quantitative estimate of drug-likeness (QED) is 0.810. The second kappa shape index (κ2) is 6.10. The first kappa shape index (κ1) is 14.4. The van der Waals surface area contributed by atoms with Crippen molar-refractivity contribution in [3.05, 3.63) is 59.7 Å². The molecule has 0 fully saturated rings. The number of rotatable bonds is 4. The molecule has 4 heteroatoms. The highest BCUT2D eigenvalue weighted by atomic mass is 16.7. The van der Waals surface area contributed by atoms with E-state index in [1.807, 2.05) is 36.4 Å². The van der Waals surface area contributed by atoms with E-state index in [0.29, 0.717) is 18.1 Å². The summed E-state index contributed by atoms with van der Waals surface area (Å²) >= 11 is 0. The van der Waals surface area contributed by atoms with E-state index in [1.54, 1.807) is 6.92 Å². The average molecular weight is 298 g/mol. The van der Waals surface area contributed by atoms with Gasteiger partial charge in [-0.3, -0.25) is 0 Å². The number of fused-ring (bicyclic) bond motifs is 1. The molecule has 0 saturated carbocycles. The van der Waals surface area contributed by atoms with Crippen LogP contribution in [0.15, 0.2) is 48.5 Å². The Morgan fingerprint density at radius 1 is 1.09 bits per heavy atom. The van der Waals surface area contributed by atoms with Gasteiger partial charge in [0.15, 0.2) is 11.5 Å². The molecule has 2 aromatic carbocycles. The first-order valence-corrected chi connectivity index (χ1v) is 7.38. The van der Waals surface area contributed by atoms with Gasteiger partial charge in [0.25, 0.3) is 0 Å². The van der Waals surface area contributed by atoms with Crippen LogP contribution in [0.2, 0.25) is 0 Å². The van der Waals surface area contributed by atoms with Gasteiger partial charge < -0.3 is 14.2 Å². The lowest BCUT2D eigenvalue weighted by atomic mass is 9.93. The van der Waals surface area contributed by atoms with E-state index in [2.05, 4.69) is 19.1 Å². The topological polar surface area (TPSA) is 44.8 Å². The number of carbonyl (C=O) groups is 1. The van der Waals surface area contributed by atoms with Crippen molar-refractivity contribution in [2.75, 3.05) is 6.61 Å². The molecule has 0 aromatic heterocycles. The third-order valence-corrected chi connectivity index (χ3v) is 3.71. The molecular weight excluding hydrogens is 280 g/mol. The molecule has 0 N–H and O–H groups in total. The second-order valence-corrected chi connectivity index (χ2v) is 5.16. The number of carbonyl (C=O) groups excluding carboxylic acids is 1. The second-order valence-electron chi connectivity index (χ2n) is 5.16. The fourth-order valence-corrected chi connectivity index (χ4v) is 2.48. The molecule has 4 nitrogen and oxygen atoms in total. The Balaban J connectivity index is 1.79. The molecule has 0 spiro atoms. The van der Waals surface area contributed by atoms with Crippen molar-refractivity contribution < 1.29 is 19.0 Å². The lowest BCUT2D eigenvalue weighted by Gasteiger charge is -2.12. The molecule has 0 radical (unpaired) electrons. The normalized spacial score (nSPS) is 17.1. The summed E-state index contributed by atoms with van der Waals surface area (Å²) in [6.07, 6.45) is -1.00. The van der Waals surface area contributed by atoms with Gasteiger partial charge in [-0.25, -0.2) is 4.79 Å². The molecule has 1 aliphatic heterocycles. The van der Waals surface area contributed by atoms with Crippen LogP contribution in [0.5, 0.6) is 11.5 Å². The molecule has 0 unspecified atom stereocenters. The zero-order valence-corrected chi connectivity index (χ0v) is 12.6. The molecule has 114 valence electrons. The summed E-state index contributed by atoms with van der Waals surface area (Å²) in [6.45, 7) is 4.18. The van der Waals surface area contributed by atoms with Gasteiger partial charge in [0, 0.05) is 5.92 Å². The van der Waals surface area contributed by atoms with E-state index in [0.717, 1.165) is 5.56 Å². The average Bonchev–Trinajstić information content (AvgIpc) is 2.98. The predicted octanol–water partition coefficient (Wildman–Crippen LogP) is 3.50. The number of ether oxygens (including phenoxy) is 3. The van der Waals surface area contributed by atoms with Crippen molar-refractivity contribution in [1.82, 2.24) is 0 Å². The third kappa shape index (κ3) is 2.77. The largest absolute Gasteiger partial charge is 0.460 e. The van der Waals surface area contributed by atoms with Crippen LogP contribution < -0.4 is 9.47 Å². The summed E-state index contributed by atoms with van der Waals surface area (Å²) in [7, 11) is 0. The highest BCUT2D eigenvalue weighted by Gasteiger charge is 2.32. The SMILES string of the molecule is CCOC(=O)[C@H]1Oc2ccc([C@H](C)c3ccccc3)cc2O1. The smallest absolute Gasteiger partial charge is 0.389 e. The Bertz CT molecular complexity index is 666. The molecule has 0 amide bonds.